The molecular weight excluding hydrogens is 292 g/mol. The monoisotopic (exact) mass is 308 g/mol. The van der Waals surface area contributed by atoms with E-state index in [4.69, 9.17) is 0 Å². The van der Waals surface area contributed by atoms with Crippen molar-refractivity contribution < 1.29 is 0 Å². The van der Waals surface area contributed by atoms with Crippen molar-refractivity contribution in [3.05, 3.63) is 71.9 Å². The number of hydrogen-bond acceptors (Lipinski definition) is 0. The van der Waals surface area contributed by atoms with Gasteiger partial charge in [0.25, 0.3) is 0 Å². The maximum Gasteiger partial charge on any atom is 0.123 e. The summed E-state index contributed by atoms with van der Waals surface area (Å²) in [7, 11) is 0. The summed E-state index contributed by atoms with van der Waals surface area (Å²) in [6, 6.07) is 19.8. The Morgan fingerprint density at radius 2 is 1.54 bits per heavy atom. The van der Waals surface area contributed by atoms with E-state index < -0.39 is 0 Å². The van der Waals surface area contributed by atoms with Crippen LogP contribution in [0.3, 0.4) is 0 Å². The van der Waals surface area contributed by atoms with Crippen molar-refractivity contribution in [3.8, 4) is 0 Å². The number of pyridine rings is 1. The second-order valence-corrected chi connectivity index (χ2v) is 6.65. The molecular formula is C22H16N2. The van der Waals surface area contributed by atoms with E-state index >= 15 is 0 Å². The van der Waals surface area contributed by atoms with Crippen molar-refractivity contribution in [2.75, 3.05) is 0 Å². The number of aromatic nitrogens is 2. The molecule has 0 fully saturated rings. The molecule has 114 valence electrons. The number of aromatic amines is 1. The van der Waals surface area contributed by atoms with Gasteiger partial charge in [-0.3, -0.25) is 4.40 Å². The minimum absolute atomic E-state index is 1.12. The predicted octanol–water partition coefficient (Wildman–Crippen LogP) is 5.69. The summed E-state index contributed by atoms with van der Waals surface area (Å²) in [5.74, 6) is 0. The van der Waals surface area contributed by atoms with Crippen LogP contribution in [0, 0.1) is 0 Å². The van der Waals surface area contributed by atoms with Gasteiger partial charge in [-0.1, -0.05) is 48.5 Å². The quantitative estimate of drug-likeness (QED) is 0.355. The van der Waals surface area contributed by atoms with Crippen molar-refractivity contribution in [3.63, 3.8) is 0 Å². The number of aryl methyl sites for hydroxylation is 1. The smallest absolute Gasteiger partial charge is 0.123 e. The van der Waals surface area contributed by atoms with Gasteiger partial charge < -0.3 is 4.98 Å². The molecule has 0 unspecified atom stereocenters. The van der Waals surface area contributed by atoms with Crippen LogP contribution >= 0.6 is 0 Å². The van der Waals surface area contributed by atoms with Crippen LogP contribution in [0.15, 0.2) is 60.7 Å². The van der Waals surface area contributed by atoms with E-state index in [-0.39, 0.29) is 0 Å². The molecule has 24 heavy (non-hydrogen) atoms. The minimum Gasteiger partial charge on any atom is -0.341 e. The first-order valence-electron chi connectivity index (χ1n) is 8.54. The number of allylic oxidation sites excluding steroid dienone is 1. The first-order valence-corrected chi connectivity index (χ1v) is 8.54. The van der Waals surface area contributed by atoms with Gasteiger partial charge in [-0.15, -0.1) is 0 Å². The molecule has 2 aromatic carbocycles. The average Bonchev–Trinajstić information content (AvgIpc) is 3.18. The van der Waals surface area contributed by atoms with Gasteiger partial charge in [0.15, 0.2) is 0 Å². The molecule has 2 nitrogen and oxygen atoms in total. The third-order valence-electron chi connectivity index (χ3n) is 5.39. The van der Waals surface area contributed by atoms with Crippen LogP contribution in [0.25, 0.3) is 44.3 Å². The first-order chi connectivity index (χ1) is 11.9. The minimum atomic E-state index is 1.12. The summed E-state index contributed by atoms with van der Waals surface area (Å²) in [4.78, 5) is 3.67. The van der Waals surface area contributed by atoms with Gasteiger partial charge >= 0.3 is 0 Å². The summed E-state index contributed by atoms with van der Waals surface area (Å²) < 4.78 is 2.40. The molecule has 3 heterocycles. The third-order valence-corrected chi connectivity index (χ3v) is 5.39. The van der Waals surface area contributed by atoms with E-state index in [0.29, 0.717) is 0 Å². The van der Waals surface area contributed by atoms with Crippen molar-refractivity contribution in [2.24, 2.45) is 0 Å². The third kappa shape index (κ3) is 1.41. The van der Waals surface area contributed by atoms with Crippen LogP contribution in [-0.2, 0) is 6.42 Å². The van der Waals surface area contributed by atoms with Crippen LogP contribution in [0.1, 0.15) is 17.7 Å². The largest absolute Gasteiger partial charge is 0.341 e. The van der Waals surface area contributed by atoms with Crippen LogP contribution in [0.2, 0.25) is 0 Å². The molecule has 0 saturated carbocycles. The highest BCUT2D eigenvalue weighted by Gasteiger charge is 2.18. The zero-order valence-electron chi connectivity index (χ0n) is 13.2. The fourth-order valence-electron chi connectivity index (χ4n) is 4.34. The number of hydrogen-bond donors (Lipinski definition) is 1. The Balaban J connectivity index is 1.95. The molecule has 1 N–H and O–H groups in total. The summed E-state index contributed by atoms with van der Waals surface area (Å²) in [6.07, 6.45) is 6.75. The normalized spacial score (nSPS) is 14.2. The van der Waals surface area contributed by atoms with Gasteiger partial charge in [0.05, 0.1) is 11.0 Å². The fourth-order valence-corrected chi connectivity index (χ4v) is 4.34. The average molecular weight is 308 g/mol. The molecule has 1 aliphatic rings. The second kappa shape index (κ2) is 4.30. The van der Waals surface area contributed by atoms with E-state index in [1.54, 1.807) is 0 Å². The Kier molecular flexibility index (Phi) is 2.22. The van der Waals surface area contributed by atoms with Crippen molar-refractivity contribution in [2.45, 2.75) is 12.8 Å². The first kappa shape index (κ1) is 12.4. The van der Waals surface area contributed by atoms with Gasteiger partial charge in [-0.25, -0.2) is 0 Å². The van der Waals surface area contributed by atoms with E-state index in [9.17, 15) is 0 Å². The molecule has 0 amide bonds. The zero-order chi connectivity index (χ0) is 15.7. The molecule has 0 spiro atoms. The molecule has 0 bridgehead atoms. The number of fused-ring (bicyclic) bond motifs is 10. The summed E-state index contributed by atoms with van der Waals surface area (Å²) in [5, 5.41) is 5.33. The summed E-state index contributed by atoms with van der Waals surface area (Å²) in [6.45, 7) is 0. The number of para-hydroxylation sites is 1. The van der Waals surface area contributed by atoms with E-state index in [1.807, 2.05) is 0 Å². The Labute approximate surface area is 139 Å². The summed E-state index contributed by atoms with van der Waals surface area (Å²) in [5.41, 5.74) is 6.53. The van der Waals surface area contributed by atoms with Gasteiger partial charge in [0.2, 0.25) is 0 Å². The van der Waals surface area contributed by atoms with Crippen molar-refractivity contribution in [1.82, 2.24) is 9.38 Å². The lowest BCUT2D eigenvalue weighted by atomic mass is 10.0. The van der Waals surface area contributed by atoms with Gasteiger partial charge in [0.1, 0.15) is 5.65 Å². The fraction of sp³-hybridized carbons (Fsp3) is 0.0909. The van der Waals surface area contributed by atoms with Gasteiger partial charge in [-0.2, -0.15) is 0 Å². The molecule has 0 atom stereocenters. The molecule has 1 aliphatic carbocycles. The predicted molar refractivity (Wildman–Crippen MR) is 102 cm³/mol. The Hall–Kier alpha value is -3.00. The zero-order valence-corrected chi connectivity index (χ0v) is 13.2. The molecule has 2 heteroatoms. The lowest BCUT2D eigenvalue weighted by molar-refractivity contribution is 0.992. The van der Waals surface area contributed by atoms with Crippen LogP contribution in [-0.4, -0.2) is 9.38 Å². The van der Waals surface area contributed by atoms with Crippen LogP contribution in [0.5, 0.6) is 0 Å². The van der Waals surface area contributed by atoms with Gasteiger partial charge in [-0.05, 0) is 42.0 Å². The lowest BCUT2D eigenvalue weighted by Gasteiger charge is -2.09. The number of nitrogens with zero attached hydrogens (tertiary/aromatic N) is 1. The maximum absolute atomic E-state index is 3.67. The highest BCUT2D eigenvalue weighted by atomic mass is 15.0. The van der Waals surface area contributed by atoms with Crippen molar-refractivity contribution in [1.29, 1.82) is 0 Å². The molecule has 3 aromatic heterocycles. The van der Waals surface area contributed by atoms with Crippen LogP contribution in [0.4, 0.5) is 0 Å². The standard InChI is InChI=1S/C22H16N2/c1-2-10-17-14(7-1)16-9-4-6-12-20(16)24-21(17)13-18-15-8-3-5-11-19(15)23-22(18)24/h1-2,4-7,9-13,23H,3,8H2. The maximum atomic E-state index is 3.67. The molecule has 5 aromatic rings. The molecule has 6 rings (SSSR count). The Morgan fingerprint density at radius 3 is 2.42 bits per heavy atom. The number of nitrogens with one attached hydrogen (secondary N) is 1. The number of rotatable bonds is 0. The molecule has 0 aliphatic heterocycles. The SMILES string of the molecule is C1=Cc2[nH]c3c(cc4c5ccccc5c5ccccc5n43)c2CC1. The highest BCUT2D eigenvalue weighted by Crippen LogP contribution is 2.36. The van der Waals surface area contributed by atoms with E-state index in [2.05, 4.69) is 76.1 Å². The second-order valence-electron chi connectivity index (χ2n) is 6.65. The highest BCUT2D eigenvalue weighted by molar-refractivity contribution is 6.15. The van der Waals surface area contributed by atoms with Crippen molar-refractivity contribution >= 4 is 44.3 Å². The van der Waals surface area contributed by atoms with E-state index in [1.165, 1.54) is 49.5 Å². The number of benzene rings is 2. The topological polar surface area (TPSA) is 20.2 Å². The number of H-pyrrole nitrogens is 1. The lowest BCUT2D eigenvalue weighted by Crippen LogP contribution is -1.92. The van der Waals surface area contributed by atoms with Crippen LogP contribution < -0.4 is 0 Å². The van der Waals surface area contributed by atoms with Gasteiger partial charge in [0, 0.05) is 21.9 Å². The molecule has 0 radical (unpaired) electrons. The molecule has 0 saturated heterocycles. The Bertz CT molecular complexity index is 1300. The van der Waals surface area contributed by atoms with E-state index in [0.717, 1.165) is 12.8 Å². The summed E-state index contributed by atoms with van der Waals surface area (Å²) >= 11 is 0. The Morgan fingerprint density at radius 1 is 0.792 bits per heavy atom.